The molecule has 0 atom stereocenters. The minimum atomic E-state index is -0.269. The van der Waals surface area contributed by atoms with Gasteiger partial charge in [0.2, 0.25) is 0 Å². The highest BCUT2D eigenvalue weighted by molar-refractivity contribution is 5.79. The van der Waals surface area contributed by atoms with Gasteiger partial charge in [-0.3, -0.25) is 4.98 Å². The number of nitrogens with one attached hydrogen (secondary N) is 2. The number of nitrogens with zero attached hydrogens (tertiary/aromatic N) is 4. The van der Waals surface area contributed by atoms with Crippen LogP contribution in [0, 0.1) is 0 Å². The van der Waals surface area contributed by atoms with Crippen LogP contribution in [0.2, 0.25) is 0 Å². The third kappa shape index (κ3) is 3.79. The highest BCUT2D eigenvalue weighted by Crippen LogP contribution is 2.18. The Bertz CT molecular complexity index is 882. The summed E-state index contributed by atoms with van der Waals surface area (Å²) >= 11 is 0. The van der Waals surface area contributed by atoms with E-state index in [1.165, 1.54) is 7.11 Å². The normalized spacial score (nSPS) is 14.4. The van der Waals surface area contributed by atoms with E-state index < -0.39 is 0 Å². The zero-order valence-corrected chi connectivity index (χ0v) is 15.2. The Labute approximate surface area is 157 Å². The largest absolute Gasteiger partial charge is 0.453 e. The molecule has 0 unspecified atom stereocenters. The van der Waals surface area contributed by atoms with Crippen LogP contribution in [-0.2, 0) is 11.3 Å². The number of aromatic nitrogens is 3. The average molecular weight is 366 g/mol. The number of amides is 1. The van der Waals surface area contributed by atoms with Crippen LogP contribution in [0.3, 0.4) is 0 Å². The fraction of sp³-hybridized carbons (Fsp3) is 0.316. The average Bonchev–Trinajstić information content (AvgIpc) is 3.15. The van der Waals surface area contributed by atoms with E-state index in [0.717, 1.165) is 41.2 Å². The number of rotatable bonds is 4. The highest BCUT2D eigenvalue weighted by atomic mass is 16.5. The molecular weight excluding hydrogens is 344 g/mol. The number of fused-ring (bicyclic) bond motifs is 1. The van der Waals surface area contributed by atoms with Gasteiger partial charge in [0.1, 0.15) is 5.82 Å². The van der Waals surface area contributed by atoms with Crippen molar-refractivity contribution in [3.05, 3.63) is 48.5 Å². The van der Waals surface area contributed by atoms with E-state index in [0.29, 0.717) is 19.6 Å². The predicted molar refractivity (Wildman–Crippen MR) is 104 cm³/mol. The molecule has 0 aliphatic carbocycles. The summed E-state index contributed by atoms with van der Waals surface area (Å²) in [5, 5.41) is 4.48. The third-order valence-electron chi connectivity index (χ3n) is 4.74. The second-order valence-corrected chi connectivity index (χ2v) is 6.46. The second-order valence-electron chi connectivity index (χ2n) is 6.46. The Morgan fingerprint density at radius 3 is 2.78 bits per heavy atom. The molecule has 0 aromatic carbocycles. The van der Waals surface area contributed by atoms with Crippen molar-refractivity contribution in [2.24, 2.45) is 0 Å². The molecule has 140 valence electrons. The summed E-state index contributed by atoms with van der Waals surface area (Å²) in [5.41, 5.74) is 3.14. The molecule has 0 saturated carbocycles. The molecule has 0 bridgehead atoms. The van der Waals surface area contributed by atoms with E-state index in [2.05, 4.69) is 31.2 Å². The van der Waals surface area contributed by atoms with E-state index in [-0.39, 0.29) is 6.09 Å². The van der Waals surface area contributed by atoms with E-state index in [1.807, 2.05) is 30.6 Å². The first-order valence-electron chi connectivity index (χ1n) is 8.92. The molecule has 2 N–H and O–H groups in total. The molecule has 4 rings (SSSR count). The summed E-state index contributed by atoms with van der Waals surface area (Å²) < 4.78 is 4.77. The molecular formula is C19H22N6O2. The number of hydrogen-bond donors (Lipinski definition) is 2. The molecule has 1 fully saturated rings. The molecule has 0 radical (unpaired) electrons. The summed E-state index contributed by atoms with van der Waals surface area (Å²) in [6.45, 7) is 3.47. The molecule has 1 aliphatic rings. The fourth-order valence-corrected chi connectivity index (χ4v) is 3.25. The summed E-state index contributed by atoms with van der Waals surface area (Å²) in [5.74, 6) is 0.918. The Kier molecular flexibility index (Phi) is 4.78. The molecule has 27 heavy (non-hydrogen) atoms. The second kappa shape index (κ2) is 7.53. The Morgan fingerprint density at radius 1 is 1.22 bits per heavy atom. The number of ether oxygens (including phenoxy) is 1. The van der Waals surface area contributed by atoms with E-state index in [1.54, 1.807) is 11.1 Å². The van der Waals surface area contributed by atoms with Crippen molar-refractivity contribution in [2.45, 2.75) is 6.54 Å². The lowest BCUT2D eigenvalue weighted by Gasteiger charge is -2.34. The number of anilines is 2. The molecule has 8 nitrogen and oxygen atoms in total. The van der Waals surface area contributed by atoms with Crippen LogP contribution >= 0.6 is 0 Å². The molecule has 3 aromatic rings. The maximum absolute atomic E-state index is 11.6. The lowest BCUT2D eigenvalue weighted by atomic mass is 10.3. The van der Waals surface area contributed by atoms with Crippen molar-refractivity contribution >= 4 is 28.5 Å². The van der Waals surface area contributed by atoms with Gasteiger partial charge in [-0.2, -0.15) is 0 Å². The Morgan fingerprint density at radius 2 is 2.07 bits per heavy atom. The van der Waals surface area contributed by atoms with Gasteiger partial charge in [0.15, 0.2) is 0 Å². The standard InChI is InChI=1S/C19H22N6O2/c1-27-19(26)25-8-6-24(7-9-25)18-3-2-15(12-22-18)21-13-16-10-14-11-20-5-4-17(14)23-16/h2-5,10-12,21,23H,6-9,13H2,1H3. The molecule has 1 saturated heterocycles. The minimum absolute atomic E-state index is 0.269. The number of piperazine rings is 1. The van der Waals surface area contributed by atoms with Gasteiger partial charge in [0.05, 0.1) is 25.5 Å². The van der Waals surface area contributed by atoms with Crippen molar-refractivity contribution in [2.75, 3.05) is 43.5 Å². The Hall–Kier alpha value is -3.29. The monoisotopic (exact) mass is 366 g/mol. The lowest BCUT2D eigenvalue weighted by Crippen LogP contribution is -2.49. The van der Waals surface area contributed by atoms with Crippen molar-refractivity contribution < 1.29 is 9.53 Å². The molecule has 1 amide bonds. The molecule has 0 spiro atoms. The van der Waals surface area contributed by atoms with Gasteiger partial charge in [0.25, 0.3) is 0 Å². The fourth-order valence-electron chi connectivity index (χ4n) is 3.25. The van der Waals surface area contributed by atoms with Gasteiger partial charge in [-0.15, -0.1) is 0 Å². The first-order chi connectivity index (χ1) is 13.2. The van der Waals surface area contributed by atoms with Crippen LogP contribution in [-0.4, -0.2) is 59.2 Å². The number of carbonyl (C=O) groups is 1. The quantitative estimate of drug-likeness (QED) is 0.738. The first-order valence-corrected chi connectivity index (χ1v) is 8.92. The number of hydrogen-bond acceptors (Lipinski definition) is 6. The van der Waals surface area contributed by atoms with E-state index in [4.69, 9.17) is 4.74 Å². The van der Waals surface area contributed by atoms with Gasteiger partial charge in [-0.25, -0.2) is 9.78 Å². The van der Waals surface area contributed by atoms with Crippen molar-refractivity contribution in [1.82, 2.24) is 19.9 Å². The minimum Gasteiger partial charge on any atom is -0.453 e. The number of carbonyl (C=O) groups excluding carboxylic acids is 1. The van der Waals surface area contributed by atoms with Crippen LogP contribution in [0.1, 0.15) is 5.69 Å². The van der Waals surface area contributed by atoms with Crippen LogP contribution in [0.4, 0.5) is 16.3 Å². The topological polar surface area (TPSA) is 86.4 Å². The number of H-pyrrole nitrogens is 1. The van der Waals surface area contributed by atoms with E-state index >= 15 is 0 Å². The lowest BCUT2D eigenvalue weighted by molar-refractivity contribution is 0.121. The number of aromatic amines is 1. The van der Waals surface area contributed by atoms with E-state index in [9.17, 15) is 4.79 Å². The SMILES string of the molecule is COC(=O)N1CCN(c2ccc(NCc3cc4cnccc4[nH]3)cn2)CC1. The van der Waals surface area contributed by atoms with Crippen molar-refractivity contribution in [1.29, 1.82) is 0 Å². The molecule has 4 heterocycles. The van der Waals surface area contributed by atoms with Crippen molar-refractivity contribution in [3.8, 4) is 0 Å². The molecule has 8 heteroatoms. The van der Waals surface area contributed by atoms with Gasteiger partial charge in [0, 0.05) is 55.2 Å². The maximum atomic E-state index is 11.6. The summed E-state index contributed by atoms with van der Waals surface area (Å²) in [4.78, 5) is 27.5. The smallest absolute Gasteiger partial charge is 0.409 e. The van der Waals surface area contributed by atoms with Gasteiger partial charge in [-0.05, 0) is 24.3 Å². The molecule has 1 aliphatic heterocycles. The van der Waals surface area contributed by atoms with Crippen LogP contribution < -0.4 is 10.2 Å². The van der Waals surface area contributed by atoms with Crippen LogP contribution in [0.15, 0.2) is 42.9 Å². The van der Waals surface area contributed by atoms with Crippen molar-refractivity contribution in [3.63, 3.8) is 0 Å². The van der Waals surface area contributed by atoms with Crippen LogP contribution in [0.25, 0.3) is 10.9 Å². The first kappa shape index (κ1) is 17.1. The zero-order chi connectivity index (χ0) is 18.6. The summed E-state index contributed by atoms with van der Waals surface area (Å²) in [7, 11) is 1.41. The van der Waals surface area contributed by atoms with Gasteiger partial charge in [-0.1, -0.05) is 0 Å². The molecule has 3 aromatic heterocycles. The highest BCUT2D eigenvalue weighted by Gasteiger charge is 2.22. The van der Waals surface area contributed by atoms with Crippen LogP contribution in [0.5, 0.6) is 0 Å². The summed E-state index contributed by atoms with van der Waals surface area (Å²) in [6, 6.07) is 8.09. The van der Waals surface area contributed by atoms with Gasteiger partial charge < -0.3 is 24.8 Å². The number of methoxy groups -OCH3 is 1. The predicted octanol–water partition coefficient (Wildman–Crippen LogP) is 2.46. The van der Waals surface area contributed by atoms with Gasteiger partial charge >= 0.3 is 6.09 Å². The Balaban J connectivity index is 1.33. The number of pyridine rings is 2. The summed E-state index contributed by atoms with van der Waals surface area (Å²) in [6.07, 6.45) is 5.21. The zero-order valence-electron chi connectivity index (χ0n) is 15.2. The maximum Gasteiger partial charge on any atom is 0.409 e. The third-order valence-corrected chi connectivity index (χ3v) is 4.74.